The van der Waals surface area contributed by atoms with Gasteiger partial charge in [0.05, 0.1) is 17.6 Å². The lowest BCUT2D eigenvalue weighted by Gasteiger charge is -2.12. The Balaban J connectivity index is 1.58. The molecule has 0 radical (unpaired) electrons. The molecule has 0 spiro atoms. The van der Waals surface area contributed by atoms with E-state index in [1.807, 2.05) is 0 Å². The van der Waals surface area contributed by atoms with Crippen molar-refractivity contribution in [3.63, 3.8) is 0 Å². The second-order valence-corrected chi connectivity index (χ2v) is 7.22. The summed E-state index contributed by atoms with van der Waals surface area (Å²) in [7, 11) is 0. The van der Waals surface area contributed by atoms with Gasteiger partial charge in [0.25, 0.3) is 5.91 Å². The number of aromatic nitrogens is 2. The molecule has 2 N–H and O–H groups in total. The van der Waals surface area contributed by atoms with Gasteiger partial charge in [0.1, 0.15) is 18.2 Å². The van der Waals surface area contributed by atoms with Crippen molar-refractivity contribution < 1.29 is 27.5 Å². The van der Waals surface area contributed by atoms with Crippen molar-refractivity contribution in [3.8, 4) is 5.75 Å². The van der Waals surface area contributed by atoms with Crippen molar-refractivity contribution in [3.05, 3.63) is 59.9 Å². The van der Waals surface area contributed by atoms with Gasteiger partial charge in [-0.1, -0.05) is 13.8 Å². The molecule has 0 aliphatic rings. The SMILES string of the molecule is CC(C)C(=O)Nc1cc(C(=O)NCCOc2ccnc3cc(C(F)(F)F)ccc23)ccn1. The zero-order valence-electron chi connectivity index (χ0n) is 17.4. The van der Waals surface area contributed by atoms with Gasteiger partial charge in [-0.3, -0.25) is 14.6 Å². The molecule has 32 heavy (non-hydrogen) atoms. The molecule has 7 nitrogen and oxygen atoms in total. The van der Waals surface area contributed by atoms with Crippen LogP contribution in [0.25, 0.3) is 10.9 Å². The lowest BCUT2D eigenvalue weighted by molar-refractivity contribution is -0.137. The van der Waals surface area contributed by atoms with Crippen LogP contribution in [0.2, 0.25) is 0 Å². The van der Waals surface area contributed by atoms with E-state index in [0.29, 0.717) is 16.7 Å². The van der Waals surface area contributed by atoms with Gasteiger partial charge in [-0.25, -0.2) is 4.98 Å². The van der Waals surface area contributed by atoms with Gasteiger partial charge in [-0.05, 0) is 36.4 Å². The van der Waals surface area contributed by atoms with Crippen LogP contribution in [0.15, 0.2) is 48.8 Å². The predicted molar refractivity (Wildman–Crippen MR) is 112 cm³/mol. The summed E-state index contributed by atoms with van der Waals surface area (Å²) in [6.45, 7) is 3.73. The topological polar surface area (TPSA) is 93.2 Å². The molecule has 2 heterocycles. The molecular formula is C22H21F3N4O3. The van der Waals surface area contributed by atoms with Crippen molar-refractivity contribution >= 4 is 28.5 Å². The van der Waals surface area contributed by atoms with E-state index < -0.39 is 11.7 Å². The fraction of sp³-hybridized carbons (Fsp3) is 0.273. The Kier molecular flexibility index (Phi) is 6.92. The van der Waals surface area contributed by atoms with Crippen LogP contribution in [0.5, 0.6) is 5.75 Å². The molecule has 2 aromatic heterocycles. The molecule has 3 rings (SSSR count). The minimum absolute atomic E-state index is 0.0912. The van der Waals surface area contributed by atoms with Crippen LogP contribution in [-0.4, -0.2) is 34.9 Å². The molecule has 2 amide bonds. The summed E-state index contributed by atoms with van der Waals surface area (Å²) >= 11 is 0. The highest BCUT2D eigenvalue weighted by atomic mass is 19.4. The molecule has 0 atom stereocenters. The van der Waals surface area contributed by atoms with Crippen molar-refractivity contribution in [2.45, 2.75) is 20.0 Å². The number of nitrogens with one attached hydrogen (secondary N) is 2. The van der Waals surface area contributed by atoms with Crippen molar-refractivity contribution in [2.24, 2.45) is 5.92 Å². The molecule has 3 aromatic rings. The predicted octanol–water partition coefficient (Wildman–Crippen LogP) is 4.05. The van der Waals surface area contributed by atoms with Gasteiger partial charge >= 0.3 is 6.18 Å². The van der Waals surface area contributed by atoms with Crippen LogP contribution < -0.4 is 15.4 Å². The summed E-state index contributed by atoms with van der Waals surface area (Å²) in [5.74, 6) is -0.189. The zero-order valence-corrected chi connectivity index (χ0v) is 17.4. The molecule has 0 saturated carbocycles. The molecule has 0 aliphatic carbocycles. The zero-order chi connectivity index (χ0) is 23.3. The van der Waals surface area contributed by atoms with Gasteiger partial charge in [-0.15, -0.1) is 0 Å². The average Bonchev–Trinajstić information content (AvgIpc) is 2.75. The highest BCUT2D eigenvalue weighted by Crippen LogP contribution is 2.33. The Morgan fingerprint density at radius 1 is 1.06 bits per heavy atom. The number of hydrogen-bond acceptors (Lipinski definition) is 5. The summed E-state index contributed by atoms with van der Waals surface area (Å²) in [5.41, 5.74) is -0.314. The summed E-state index contributed by atoms with van der Waals surface area (Å²) in [6.07, 6.45) is -1.68. The van der Waals surface area contributed by atoms with Crippen molar-refractivity contribution in [2.75, 3.05) is 18.5 Å². The van der Waals surface area contributed by atoms with Crippen molar-refractivity contribution in [1.29, 1.82) is 0 Å². The maximum absolute atomic E-state index is 12.9. The normalized spacial score (nSPS) is 11.4. The van der Waals surface area contributed by atoms with Crippen LogP contribution >= 0.6 is 0 Å². The Morgan fingerprint density at radius 2 is 1.81 bits per heavy atom. The Hall–Kier alpha value is -3.69. The third kappa shape index (κ3) is 5.71. The second kappa shape index (κ2) is 9.63. The minimum atomic E-state index is -4.46. The number of anilines is 1. The van der Waals surface area contributed by atoms with Crippen LogP contribution in [0.1, 0.15) is 29.8 Å². The number of carbonyl (C=O) groups excluding carboxylic acids is 2. The lowest BCUT2D eigenvalue weighted by Crippen LogP contribution is -2.28. The largest absolute Gasteiger partial charge is 0.491 e. The third-order valence-electron chi connectivity index (χ3n) is 4.47. The number of benzene rings is 1. The first-order chi connectivity index (χ1) is 15.1. The summed E-state index contributed by atoms with van der Waals surface area (Å²) in [5, 5.41) is 5.74. The van der Waals surface area contributed by atoms with Crippen molar-refractivity contribution in [1.82, 2.24) is 15.3 Å². The fourth-order valence-electron chi connectivity index (χ4n) is 2.76. The van der Waals surface area contributed by atoms with Gasteiger partial charge < -0.3 is 15.4 Å². The first-order valence-electron chi connectivity index (χ1n) is 9.79. The van der Waals surface area contributed by atoms with Gasteiger partial charge in [0.15, 0.2) is 0 Å². The molecule has 0 saturated heterocycles. The average molecular weight is 446 g/mol. The molecule has 0 bridgehead atoms. The monoisotopic (exact) mass is 446 g/mol. The molecule has 168 valence electrons. The van der Waals surface area contributed by atoms with Crippen LogP contribution in [0.3, 0.4) is 0 Å². The van der Waals surface area contributed by atoms with E-state index in [2.05, 4.69) is 20.6 Å². The first-order valence-corrected chi connectivity index (χ1v) is 9.79. The summed E-state index contributed by atoms with van der Waals surface area (Å²) < 4.78 is 44.3. The number of ether oxygens (including phenoxy) is 1. The number of fused-ring (bicyclic) bond motifs is 1. The molecule has 0 unspecified atom stereocenters. The number of amides is 2. The quantitative estimate of drug-likeness (QED) is 0.534. The summed E-state index contributed by atoms with van der Waals surface area (Å²) in [4.78, 5) is 32.1. The molecule has 0 aliphatic heterocycles. The number of carbonyl (C=O) groups is 2. The molecule has 10 heteroatoms. The van der Waals surface area contributed by atoms with Gasteiger partial charge in [0.2, 0.25) is 5.91 Å². The first kappa shape index (κ1) is 23.0. The van der Waals surface area contributed by atoms with Crippen LogP contribution in [0.4, 0.5) is 19.0 Å². The van der Waals surface area contributed by atoms with Gasteiger partial charge in [-0.2, -0.15) is 13.2 Å². The third-order valence-corrected chi connectivity index (χ3v) is 4.47. The highest BCUT2D eigenvalue weighted by Gasteiger charge is 2.30. The number of rotatable bonds is 7. The fourth-order valence-corrected chi connectivity index (χ4v) is 2.76. The standard InChI is InChI=1S/C22H21F3N4O3/c1-13(2)20(30)29-19-11-14(5-7-27-19)21(31)28-9-10-32-18-6-8-26-17-12-15(22(23,24)25)3-4-16(17)18/h3-8,11-13H,9-10H2,1-2H3,(H,28,31)(H,27,29,30). The van der Waals surface area contributed by atoms with Crippen LogP contribution in [0, 0.1) is 5.92 Å². The number of nitrogens with zero attached hydrogens (tertiary/aromatic N) is 2. The summed E-state index contributed by atoms with van der Waals surface area (Å²) in [6, 6.07) is 7.76. The number of halogens is 3. The highest BCUT2D eigenvalue weighted by molar-refractivity contribution is 5.96. The second-order valence-electron chi connectivity index (χ2n) is 7.22. The maximum atomic E-state index is 12.9. The number of alkyl halides is 3. The van der Waals surface area contributed by atoms with E-state index in [0.717, 1.165) is 12.1 Å². The van der Waals surface area contributed by atoms with Gasteiger partial charge in [0, 0.05) is 29.3 Å². The number of hydrogen-bond donors (Lipinski definition) is 2. The van der Waals surface area contributed by atoms with E-state index >= 15 is 0 Å². The van der Waals surface area contributed by atoms with E-state index in [1.54, 1.807) is 19.9 Å². The number of pyridine rings is 2. The smallest absolute Gasteiger partial charge is 0.416 e. The molecule has 1 aromatic carbocycles. The maximum Gasteiger partial charge on any atom is 0.416 e. The van der Waals surface area contributed by atoms with Crippen LogP contribution in [-0.2, 0) is 11.0 Å². The van der Waals surface area contributed by atoms with E-state index in [-0.39, 0.29) is 42.2 Å². The minimum Gasteiger partial charge on any atom is -0.491 e. The van der Waals surface area contributed by atoms with E-state index in [1.165, 1.54) is 30.6 Å². The van der Waals surface area contributed by atoms with E-state index in [9.17, 15) is 22.8 Å². The Bertz CT molecular complexity index is 1130. The molecular weight excluding hydrogens is 425 g/mol. The lowest BCUT2D eigenvalue weighted by atomic mass is 10.1. The van der Waals surface area contributed by atoms with E-state index in [4.69, 9.17) is 4.74 Å². The Morgan fingerprint density at radius 3 is 2.53 bits per heavy atom. The molecule has 0 fully saturated rings. The Labute approximate surface area is 182 Å².